The van der Waals surface area contributed by atoms with Crippen molar-refractivity contribution in [1.29, 1.82) is 0 Å². The van der Waals surface area contributed by atoms with Crippen LogP contribution >= 0.6 is 0 Å². The highest BCUT2D eigenvalue weighted by atomic mass is 15.2. The van der Waals surface area contributed by atoms with Crippen LogP contribution in [0, 0.1) is 5.41 Å². The van der Waals surface area contributed by atoms with Gasteiger partial charge in [-0.2, -0.15) is 0 Å². The van der Waals surface area contributed by atoms with E-state index in [2.05, 4.69) is 23.8 Å². The van der Waals surface area contributed by atoms with E-state index in [4.69, 9.17) is 0 Å². The van der Waals surface area contributed by atoms with Crippen LogP contribution in [-0.4, -0.2) is 49.6 Å². The van der Waals surface area contributed by atoms with Crippen LogP contribution in [0.2, 0.25) is 0 Å². The Morgan fingerprint density at radius 1 is 1.14 bits per heavy atom. The molecule has 2 rings (SSSR count). The van der Waals surface area contributed by atoms with Crippen molar-refractivity contribution in [2.75, 3.05) is 39.8 Å². The average molecular weight is 196 g/mol. The number of hydrogen-bond donors (Lipinski definition) is 0. The van der Waals surface area contributed by atoms with Crippen molar-refractivity contribution < 1.29 is 0 Å². The second-order valence-electron chi connectivity index (χ2n) is 5.37. The largest absolute Gasteiger partial charge is 0.305 e. The molecule has 2 heterocycles. The molecule has 1 spiro atoms. The Morgan fingerprint density at radius 2 is 1.79 bits per heavy atom. The van der Waals surface area contributed by atoms with Gasteiger partial charge in [0.25, 0.3) is 0 Å². The van der Waals surface area contributed by atoms with Crippen LogP contribution in [0.3, 0.4) is 0 Å². The first-order valence-electron chi connectivity index (χ1n) is 6.15. The van der Waals surface area contributed by atoms with Crippen molar-refractivity contribution in [3.8, 4) is 0 Å². The Morgan fingerprint density at radius 3 is 2.29 bits per heavy atom. The molecule has 0 atom stereocenters. The molecule has 0 aromatic heterocycles. The third-order valence-corrected chi connectivity index (χ3v) is 3.96. The molecule has 2 heteroatoms. The van der Waals surface area contributed by atoms with Gasteiger partial charge in [-0.05, 0) is 51.4 Å². The Bertz CT molecular complexity index is 175. The van der Waals surface area contributed by atoms with E-state index in [1.807, 2.05) is 0 Å². The van der Waals surface area contributed by atoms with E-state index in [-0.39, 0.29) is 0 Å². The Kier molecular flexibility index (Phi) is 3.13. The fourth-order valence-corrected chi connectivity index (χ4v) is 3.05. The molecule has 0 aromatic rings. The average Bonchev–Trinajstić information content (AvgIpc) is 2.15. The first-order chi connectivity index (χ1) is 6.74. The fraction of sp³-hybridized carbons (Fsp3) is 1.00. The molecule has 2 aliphatic heterocycles. The van der Waals surface area contributed by atoms with Gasteiger partial charge < -0.3 is 9.80 Å². The third kappa shape index (κ3) is 2.12. The number of nitrogens with zero attached hydrogens (tertiary/aromatic N) is 2. The van der Waals surface area contributed by atoms with Crippen LogP contribution < -0.4 is 0 Å². The normalized spacial score (nSPS) is 27.9. The van der Waals surface area contributed by atoms with Gasteiger partial charge >= 0.3 is 0 Å². The predicted molar refractivity (Wildman–Crippen MR) is 60.5 cm³/mol. The van der Waals surface area contributed by atoms with E-state index >= 15 is 0 Å². The number of piperidine rings is 1. The highest BCUT2D eigenvalue weighted by molar-refractivity contribution is 4.96. The zero-order valence-corrected chi connectivity index (χ0v) is 9.76. The first-order valence-corrected chi connectivity index (χ1v) is 6.15. The summed E-state index contributed by atoms with van der Waals surface area (Å²) in [5, 5.41) is 0. The molecule has 0 bridgehead atoms. The van der Waals surface area contributed by atoms with Gasteiger partial charge in [-0.1, -0.05) is 13.3 Å². The van der Waals surface area contributed by atoms with Crippen LogP contribution in [0.15, 0.2) is 0 Å². The standard InChI is InChI=1S/C12H24N2/c1-3-4-7-14-8-5-12(6-9-14)10-13(2)11-12/h3-11H2,1-2H3. The van der Waals surface area contributed by atoms with Crippen LogP contribution in [0.1, 0.15) is 32.6 Å². The van der Waals surface area contributed by atoms with Gasteiger partial charge in [0.1, 0.15) is 0 Å². The summed E-state index contributed by atoms with van der Waals surface area (Å²) in [5.41, 5.74) is 0.734. The molecule has 0 aliphatic carbocycles. The summed E-state index contributed by atoms with van der Waals surface area (Å²) in [6, 6.07) is 0. The van der Waals surface area contributed by atoms with Crippen molar-refractivity contribution in [2.24, 2.45) is 5.41 Å². The SMILES string of the molecule is CCCCN1CCC2(CC1)CN(C)C2. The maximum atomic E-state index is 2.66. The zero-order valence-electron chi connectivity index (χ0n) is 9.76. The lowest BCUT2D eigenvalue weighted by Gasteiger charge is -2.53. The van der Waals surface area contributed by atoms with Crippen molar-refractivity contribution in [3.05, 3.63) is 0 Å². The first kappa shape index (κ1) is 10.4. The molecule has 0 N–H and O–H groups in total. The van der Waals surface area contributed by atoms with E-state index < -0.39 is 0 Å². The quantitative estimate of drug-likeness (QED) is 0.679. The number of unbranched alkanes of at least 4 members (excludes halogenated alkanes) is 1. The number of rotatable bonds is 3. The van der Waals surface area contributed by atoms with Gasteiger partial charge in [-0.25, -0.2) is 0 Å². The van der Waals surface area contributed by atoms with E-state index in [9.17, 15) is 0 Å². The molecular formula is C12H24N2. The molecule has 0 saturated carbocycles. The Balaban J connectivity index is 1.70. The van der Waals surface area contributed by atoms with Crippen LogP contribution in [0.4, 0.5) is 0 Å². The lowest BCUT2D eigenvalue weighted by molar-refractivity contribution is -0.0314. The lowest BCUT2D eigenvalue weighted by Crippen LogP contribution is -2.58. The van der Waals surface area contributed by atoms with Gasteiger partial charge in [-0.15, -0.1) is 0 Å². The smallest absolute Gasteiger partial charge is 0.00484 e. The molecule has 2 aliphatic rings. The monoisotopic (exact) mass is 196 g/mol. The van der Waals surface area contributed by atoms with Crippen molar-refractivity contribution >= 4 is 0 Å². The highest BCUT2D eigenvalue weighted by Crippen LogP contribution is 2.39. The fourth-order valence-electron chi connectivity index (χ4n) is 3.05. The Hall–Kier alpha value is -0.0800. The molecule has 0 aromatic carbocycles. The van der Waals surface area contributed by atoms with Crippen LogP contribution in [0.5, 0.6) is 0 Å². The van der Waals surface area contributed by atoms with Gasteiger partial charge in [0.15, 0.2) is 0 Å². The van der Waals surface area contributed by atoms with Crippen molar-refractivity contribution in [3.63, 3.8) is 0 Å². The summed E-state index contributed by atoms with van der Waals surface area (Å²) in [5.74, 6) is 0. The van der Waals surface area contributed by atoms with Crippen LogP contribution in [0.25, 0.3) is 0 Å². The third-order valence-electron chi connectivity index (χ3n) is 3.96. The maximum absolute atomic E-state index is 2.66. The highest BCUT2D eigenvalue weighted by Gasteiger charge is 2.42. The summed E-state index contributed by atoms with van der Waals surface area (Å²) >= 11 is 0. The lowest BCUT2D eigenvalue weighted by atomic mass is 9.72. The van der Waals surface area contributed by atoms with Gasteiger partial charge in [-0.3, -0.25) is 0 Å². The minimum Gasteiger partial charge on any atom is -0.305 e. The predicted octanol–water partition coefficient (Wildman–Crippen LogP) is 1.81. The second-order valence-corrected chi connectivity index (χ2v) is 5.37. The molecular weight excluding hydrogens is 172 g/mol. The number of hydrogen-bond acceptors (Lipinski definition) is 2. The summed E-state index contributed by atoms with van der Waals surface area (Å²) in [7, 11) is 2.24. The zero-order chi connectivity index (χ0) is 10.0. The van der Waals surface area contributed by atoms with E-state index in [1.54, 1.807) is 0 Å². The van der Waals surface area contributed by atoms with Gasteiger partial charge in [0, 0.05) is 13.1 Å². The summed E-state index contributed by atoms with van der Waals surface area (Å²) in [6.07, 6.45) is 5.61. The molecule has 2 saturated heterocycles. The minimum absolute atomic E-state index is 0.734. The summed E-state index contributed by atoms with van der Waals surface area (Å²) in [4.78, 5) is 5.12. The van der Waals surface area contributed by atoms with E-state index in [0.717, 1.165) is 5.41 Å². The molecule has 0 unspecified atom stereocenters. The molecule has 2 fully saturated rings. The minimum atomic E-state index is 0.734. The van der Waals surface area contributed by atoms with E-state index in [0.29, 0.717) is 0 Å². The van der Waals surface area contributed by atoms with Gasteiger partial charge in [0.2, 0.25) is 0 Å². The van der Waals surface area contributed by atoms with Gasteiger partial charge in [0.05, 0.1) is 0 Å². The molecule has 82 valence electrons. The second kappa shape index (κ2) is 4.19. The summed E-state index contributed by atoms with van der Waals surface area (Å²) in [6.45, 7) is 9.04. The van der Waals surface area contributed by atoms with E-state index in [1.165, 1.54) is 58.4 Å². The summed E-state index contributed by atoms with van der Waals surface area (Å²) < 4.78 is 0. The molecule has 2 nitrogen and oxygen atoms in total. The topological polar surface area (TPSA) is 6.48 Å². The van der Waals surface area contributed by atoms with Crippen molar-refractivity contribution in [2.45, 2.75) is 32.6 Å². The Labute approximate surface area is 88.3 Å². The maximum Gasteiger partial charge on any atom is 0.00484 e. The molecule has 0 amide bonds. The molecule has 0 radical (unpaired) electrons. The van der Waals surface area contributed by atoms with Crippen LogP contribution in [-0.2, 0) is 0 Å². The van der Waals surface area contributed by atoms with Crippen molar-refractivity contribution in [1.82, 2.24) is 9.80 Å². The number of likely N-dealkylation sites (tertiary alicyclic amines) is 2. The molecule has 14 heavy (non-hydrogen) atoms.